The summed E-state index contributed by atoms with van der Waals surface area (Å²) in [6, 6.07) is 9.33. The fourth-order valence-corrected chi connectivity index (χ4v) is 5.36. The molecule has 0 N–H and O–H groups in total. The minimum Gasteiger partial charge on any atom is -0.343 e. The Bertz CT molecular complexity index is 637. The predicted molar refractivity (Wildman–Crippen MR) is 119 cm³/mol. The first-order valence-electron chi connectivity index (χ1n) is 11.9. The van der Waals surface area contributed by atoms with E-state index in [0.717, 1.165) is 32.0 Å². The first-order valence-corrected chi connectivity index (χ1v) is 11.9. The lowest BCUT2D eigenvalue weighted by atomic mass is 9.89. The van der Waals surface area contributed by atoms with Crippen molar-refractivity contribution < 1.29 is 4.79 Å². The van der Waals surface area contributed by atoms with Gasteiger partial charge in [0.05, 0.1) is 0 Å². The van der Waals surface area contributed by atoms with Crippen LogP contribution < -0.4 is 0 Å². The van der Waals surface area contributed by atoms with Gasteiger partial charge < -0.3 is 9.80 Å². The Kier molecular flexibility index (Phi) is 7.25. The molecular formula is C25H39N3O. The highest BCUT2D eigenvalue weighted by Crippen LogP contribution is 2.29. The Morgan fingerprint density at radius 2 is 1.45 bits per heavy atom. The zero-order valence-electron chi connectivity index (χ0n) is 18.3. The van der Waals surface area contributed by atoms with Crippen LogP contribution >= 0.6 is 0 Å². The van der Waals surface area contributed by atoms with Crippen LogP contribution in [-0.4, -0.2) is 66.9 Å². The molecule has 3 fully saturated rings. The van der Waals surface area contributed by atoms with Crippen molar-refractivity contribution in [1.82, 2.24) is 14.7 Å². The van der Waals surface area contributed by atoms with Crippen LogP contribution in [0.4, 0.5) is 0 Å². The Morgan fingerprint density at radius 3 is 2.10 bits per heavy atom. The van der Waals surface area contributed by atoms with E-state index in [4.69, 9.17) is 0 Å². The summed E-state index contributed by atoms with van der Waals surface area (Å²) < 4.78 is 0. The fraction of sp³-hybridized carbons (Fsp3) is 0.720. The smallest absolute Gasteiger partial charge is 0.222 e. The summed E-state index contributed by atoms with van der Waals surface area (Å²) in [4.78, 5) is 19.7. The second-order valence-corrected chi connectivity index (χ2v) is 9.78. The number of hydrogen-bond donors (Lipinski definition) is 0. The quantitative estimate of drug-likeness (QED) is 0.731. The minimum atomic E-state index is 0.420. The van der Waals surface area contributed by atoms with E-state index in [1.54, 1.807) is 0 Å². The number of likely N-dealkylation sites (N-methyl/N-ethyl adjacent to an activating group) is 1. The Hall–Kier alpha value is -1.39. The molecule has 1 aromatic rings. The minimum absolute atomic E-state index is 0.420. The van der Waals surface area contributed by atoms with Crippen molar-refractivity contribution in [1.29, 1.82) is 0 Å². The van der Waals surface area contributed by atoms with E-state index < -0.39 is 0 Å². The molecule has 4 heteroatoms. The molecule has 0 radical (unpaired) electrons. The summed E-state index contributed by atoms with van der Waals surface area (Å²) in [6.07, 6.45) is 9.50. The monoisotopic (exact) mass is 397 g/mol. The van der Waals surface area contributed by atoms with Gasteiger partial charge in [-0.2, -0.15) is 0 Å². The van der Waals surface area contributed by atoms with Crippen LogP contribution in [0, 0.1) is 11.8 Å². The third kappa shape index (κ3) is 6.05. The number of hydrogen-bond acceptors (Lipinski definition) is 3. The van der Waals surface area contributed by atoms with E-state index >= 15 is 0 Å². The van der Waals surface area contributed by atoms with E-state index in [1.807, 2.05) is 0 Å². The molecule has 29 heavy (non-hydrogen) atoms. The van der Waals surface area contributed by atoms with Crippen molar-refractivity contribution in [2.24, 2.45) is 11.8 Å². The van der Waals surface area contributed by atoms with E-state index in [2.05, 4.69) is 46.0 Å². The molecule has 160 valence electrons. The molecule has 2 aliphatic heterocycles. The Balaban J connectivity index is 1.18. The maximum atomic E-state index is 12.6. The molecular weight excluding hydrogens is 358 g/mol. The molecule has 1 aliphatic carbocycles. The second kappa shape index (κ2) is 10.1. The number of likely N-dealkylation sites (tertiary alicyclic amines) is 1. The maximum absolute atomic E-state index is 12.6. The molecule has 0 aromatic heterocycles. The van der Waals surface area contributed by atoms with Gasteiger partial charge in [0.15, 0.2) is 0 Å². The Morgan fingerprint density at radius 1 is 0.828 bits per heavy atom. The molecule has 3 aliphatic rings. The largest absolute Gasteiger partial charge is 0.343 e. The summed E-state index contributed by atoms with van der Waals surface area (Å²) in [6.45, 7) is 7.73. The van der Waals surface area contributed by atoms with Crippen LogP contribution in [0.25, 0.3) is 0 Å². The normalized spacial score (nSPS) is 23.0. The summed E-state index contributed by atoms with van der Waals surface area (Å²) >= 11 is 0. The number of piperidine rings is 1. The molecule has 0 atom stereocenters. The molecule has 4 rings (SSSR count). The Labute approximate surface area is 177 Å². The number of benzene rings is 1. The lowest BCUT2D eigenvalue weighted by molar-refractivity contribution is -0.133. The van der Waals surface area contributed by atoms with E-state index in [-0.39, 0.29) is 0 Å². The van der Waals surface area contributed by atoms with Crippen molar-refractivity contribution in [3.8, 4) is 0 Å². The molecule has 0 unspecified atom stereocenters. The number of carbonyl (C=O) groups is 1. The maximum Gasteiger partial charge on any atom is 0.222 e. The third-order valence-electron chi connectivity index (χ3n) is 7.45. The summed E-state index contributed by atoms with van der Waals surface area (Å²) in [5, 5.41) is 0. The molecule has 1 aromatic carbocycles. The number of piperazine rings is 1. The molecule has 0 bridgehead atoms. The van der Waals surface area contributed by atoms with Crippen molar-refractivity contribution in [3.05, 3.63) is 35.4 Å². The van der Waals surface area contributed by atoms with Gasteiger partial charge >= 0.3 is 0 Å². The summed E-state index contributed by atoms with van der Waals surface area (Å²) in [7, 11) is 2.21. The molecule has 0 spiro atoms. The number of rotatable bonds is 6. The van der Waals surface area contributed by atoms with E-state index in [1.165, 1.54) is 82.3 Å². The van der Waals surface area contributed by atoms with Gasteiger partial charge in [0.2, 0.25) is 5.91 Å². The standard InChI is InChI=1S/C25H39N3O/c1-26-14-16-27(17-15-26)20-24-8-6-22(7-9-24)18-23-10-12-28(13-11-23)25(29)19-21-4-2-3-5-21/h6-9,21,23H,2-5,10-20H2,1H3. The highest BCUT2D eigenvalue weighted by Gasteiger charge is 2.26. The van der Waals surface area contributed by atoms with Crippen LogP contribution in [0.5, 0.6) is 0 Å². The topological polar surface area (TPSA) is 26.8 Å². The van der Waals surface area contributed by atoms with Gasteiger partial charge in [-0.15, -0.1) is 0 Å². The van der Waals surface area contributed by atoms with Crippen molar-refractivity contribution in [3.63, 3.8) is 0 Å². The van der Waals surface area contributed by atoms with Gasteiger partial charge in [0, 0.05) is 52.2 Å². The number of carbonyl (C=O) groups excluding carboxylic acids is 1. The first-order chi connectivity index (χ1) is 14.2. The van der Waals surface area contributed by atoms with Gasteiger partial charge in [-0.1, -0.05) is 37.1 Å². The van der Waals surface area contributed by atoms with Crippen LogP contribution in [0.1, 0.15) is 56.1 Å². The van der Waals surface area contributed by atoms with E-state index in [0.29, 0.717) is 11.8 Å². The van der Waals surface area contributed by atoms with Crippen molar-refractivity contribution >= 4 is 5.91 Å². The van der Waals surface area contributed by atoms with Gasteiger partial charge in [-0.05, 0) is 62.1 Å². The first kappa shape index (κ1) is 20.9. The zero-order chi connectivity index (χ0) is 20.1. The fourth-order valence-electron chi connectivity index (χ4n) is 5.36. The van der Waals surface area contributed by atoms with Gasteiger partial charge in [0.1, 0.15) is 0 Å². The van der Waals surface area contributed by atoms with Crippen LogP contribution in [0.3, 0.4) is 0 Å². The molecule has 1 saturated carbocycles. The average molecular weight is 398 g/mol. The van der Waals surface area contributed by atoms with Crippen molar-refractivity contribution in [2.45, 2.75) is 57.9 Å². The summed E-state index contributed by atoms with van der Waals surface area (Å²) in [5.74, 6) is 1.82. The number of amides is 1. The van der Waals surface area contributed by atoms with Crippen LogP contribution in [-0.2, 0) is 17.8 Å². The predicted octanol–water partition coefficient (Wildman–Crippen LogP) is 3.80. The molecule has 4 nitrogen and oxygen atoms in total. The van der Waals surface area contributed by atoms with Crippen molar-refractivity contribution in [2.75, 3.05) is 46.3 Å². The average Bonchev–Trinajstić information content (AvgIpc) is 3.25. The lowest BCUT2D eigenvalue weighted by Gasteiger charge is -2.33. The molecule has 2 heterocycles. The zero-order valence-corrected chi connectivity index (χ0v) is 18.3. The SMILES string of the molecule is CN1CCN(Cc2ccc(CC3CCN(C(=O)CC4CCCC4)CC3)cc2)CC1. The van der Waals surface area contributed by atoms with Gasteiger partial charge in [0.25, 0.3) is 0 Å². The molecule has 2 saturated heterocycles. The molecule has 1 amide bonds. The third-order valence-corrected chi connectivity index (χ3v) is 7.45. The number of nitrogens with zero attached hydrogens (tertiary/aromatic N) is 3. The van der Waals surface area contributed by atoms with Crippen LogP contribution in [0.2, 0.25) is 0 Å². The second-order valence-electron chi connectivity index (χ2n) is 9.78. The van der Waals surface area contributed by atoms with Gasteiger partial charge in [-0.25, -0.2) is 0 Å². The van der Waals surface area contributed by atoms with Crippen LogP contribution in [0.15, 0.2) is 24.3 Å². The highest BCUT2D eigenvalue weighted by atomic mass is 16.2. The van der Waals surface area contributed by atoms with Gasteiger partial charge in [-0.3, -0.25) is 9.69 Å². The lowest BCUT2D eigenvalue weighted by Crippen LogP contribution is -2.43. The summed E-state index contributed by atoms with van der Waals surface area (Å²) in [5.41, 5.74) is 2.90. The highest BCUT2D eigenvalue weighted by molar-refractivity contribution is 5.76. The van der Waals surface area contributed by atoms with E-state index in [9.17, 15) is 4.79 Å².